The Morgan fingerprint density at radius 1 is 1.09 bits per heavy atom. The van der Waals surface area contributed by atoms with E-state index in [1.165, 1.54) is 66.4 Å². The third kappa shape index (κ3) is 2.39. The van der Waals surface area contributed by atoms with Gasteiger partial charge in [0.05, 0.1) is 5.52 Å². The van der Waals surface area contributed by atoms with Crippen molar-refractivity contribution in [1.29, 1.82) is 0 Å². The fourth-order valence-corrected chi connectivity index (χ4v) is 4.26. The second kappa shape index (κ2) is 5.57. The number of pyridine rings is 1. The van der Waals surface area contributed by atoms with E-state index in [1.807, 2.05) is 0 Å². The molecule has 0 bridgehead atoms. The minimum Gasteiger partial charge on any atom is -0.381 e. The molecule has 1 heterocycles. The summed E-state index contributed by atoms with van der Waals surface area (Å²) in [6.07, 6.45) is 9.03. The van der Waals surface area contributed by atoms with Crippen LogP contribution in [0.3, 0.4) is 0 Å². The zero-order valence-electron chi connectivity index (χ0n) is 13.8. The predicted octanol–water partition coefficient (Wildman–Crippen LogP) is 5.02. The second-order valence-electron chi connectivity index (χ2n) is 7.30. The summed E-state index contributed by atoms with van der Waals surface area (Å²) in [5.74, 6) is 0.777. The van der Waals surface area contributed by atoms with Crippen LogP contribution in [0.25, 0.3) is 10.9 Å². The number of hydrogen-bond donors (Lipinski definition) is 1. The van der Waals surface area contributed by atoms with Crippen molar-refractivity contribution in [3.05, 3.63) is 35.0 Å². The van der Waals surface area contributed by atoms with Crippen LogP contribution in [0.5, 0.6) is 0 Å². The normalized spacial score (nSPS) is 24.5. The molecule has 2 heteroatoms. The first-order valence-electron chi connectivity index (χ1n) is 8.91. The molecule has 0 aliphatic heterocycles. The molecule has 1 fully saturated rings. The molecule has 22 heavy (non-hydrogen) atoms. The Hall–Kier alpha value is -1.57. The lowest BCUT2D eigenvalue weighted by atomic mass is 9.85. The van der Waals surface area contributed by atoms with Gasteiger partial charge in [-0.2, -0.15) is 0 Å². The van der Waals surface area contributed by atoms with Gasteiger partial charge in [0, 0.05) is 22.8 Å². The SMILES string of the molecule is Cc1ccc2nc3c(c(NC4CCCCC4C)c2c1)CCC3. The molecule has 0 amide bonds. The number of nitrogens with zero attached hydrogens (tertiary/aromatic N) is 1. The molecule has 0 spiro atoms. The highest BCUT2D eigenvalue weighted by Gasteiger charge is 2.25. The molecule has 2 nitrogen and oxygen atoms in total. The van der Waals surface area contributed by atoms with Gasteiger partial charge < -0.3 is 5.32 Å². The van der Waals surface area contributed by atoms with Gasteiger partial charge in [-0.1, -0.05) is 31.4 Å². The molecule has 2 aromatic rings. The molecule has 2 aliphatic carbocycles. The maximum atomic E-state index is 4.93. The lowest BCUT2D eigenvalue weighted by molar-refractivity contribution is 0.349. The Morgan fingerprint density at radius 2 is 1.95 bits per heavy atom. The van der Waals surface area contributed by atoms with Crippen molar-refractivity contribution in [2.24, 2.45) is 5.92 Å². The smallest absolute Gasteiger partial charge is 0.0726 e. The molecule has 116 valence electrons. The summed E-state index contributed by atoms with van der Waals surface area (Å²) in [7, 11) is 0. The fraction of sp³-hybridized carbons (Fsp3) is 0.550. The summed E-state index contributed by atoms with van der Waals surface area (Å²) in [5, 5.41) is 5.29. The van der Waals surface area contributed by atoms with Crippen molar-refractivity contribution in [3.63, 3.8) is 0 Å². The molecule has 0 saturated heterocycles. The second-order valence-corrected chi connectivity index (χ2v) is 7.30. The maximum absolute atomic E-state index is 4.93. The lowest BCUT2D eigenvalue weighted by Crippen LogP contribution is -2.30. The lowest BCUT2D eigenvalue weighted by Gasteiger charge is -2.31. The van der Waals surface area contributed by atoms with E-state index < -0.39 is 0 Å². The number of anilines is 1. The van der Waals surface area contributed by atoms with E-state index in [-0.39, 0.29) is 0 Å². The zero-order chi connectivity index (χ0) is 15.1. The first-order valence-corrected chi connectivity index (χ1v) is 8.91. The van der Waals surface area contributed by atoms with Crippen molar-refractivity contribution in [3.8, 4) is 0 Å². The number of aromatic nitrogens is 1. The summed E-state index contributed by atoms with van der Waals surface area (Å²) in [5.41, 5.74) is 6.72. The quantitative estimate of drug-likeness (QED) is 0.841. The van der Waals surface area contributed by atoms with E-state index in [4.69, 9.17) is 4.98 Å². The molecule has 0 radical (unpaired) electrons. The van der Waals surface area contributed by atoms with Crippen molar-refractivity contribution >= 4 is 16.6 Å². The van der Waals surface area contributed by atoms with E-state index in [0.29, 0.717) is 6.04 Å². The first kappa shape index (κ1) is 14.0. The largest absolute Gasteiger partial charge is 0.381 e. The third-order valence-corrected chi connectivity index (χ3v) is 5.61. The molecule has 1 saturated carbocycles. The van der Waals surface area contributed by atoms with Crippen molar-refractivity contribution in [2.45, 2.75) is 64.8 Å². The van der Waals surface area contributed by atoms with Crippen LogP contribution in [-0.2, 0) is 12.8 Å². The molecule has 2 atom stereocenters. The molecule has 1 aromatic heterocycles. The topological polar surface area (TPSA) is 24.9 Å². The zero-order valence-corrected chi connectivity index (χ0v) is 13.8. The molecular formula is C20H26N2. The number of benzene rings is 1. The summed E-state index contributed by atoms with van der Waals surface area (Å²) < 4.78 is 0. The van der Waals surface area contributed by atoms with Crippen LogP contribution in [0, 0.1) is 12.8 Å². The molecule has 2 aliphatic rings. The van der Waals surface area contributed by atoms with Gasteiger partial charge in [0.15, 0.2) is 0 Å². The average molecular weight is 294 g/mol. The van der Waals surface area contributed by atoms with Crippen molar-refractivity contribution < 1.29 is 0 Å². The van der Waals surface area contributed by atoms with Gasteiger partial charge in [0.2, 0.25) is 0 Å². The van der Waals surface area contributed by atoms with Gasteiger partial charge in [0.1, 0.15) is 0 Å². The van der Waals surface area contributed by atoms with Gasteiger partial charge in [-0.3, -0.25) is 4.98 Å². The van der Waals surface area contributed by atoms with Crippen LogP contribution in [0.15, 0.2) is 18.2 Å². The van der Waals surface area contributed by atoms with Crippen molar-refractivity contribution in [1.82, 2.24) is 4.98 Å². The highest BCUT2D eigenvalue weighted by Crippen LogP contribution is 2.37. The third-order valence-electron chi connectivity index (χ3n) is 5.61. The molecule has 1 N–H and O–H groups in total. The molecule has 4 rings (SSSR count). The van der Waals surface area contributed by atoms with Crippen LogP contribution in [0.1, 0.15) is 55.8 Å². The maximum Gasteiger partial charge on any atom is 0.0726 e. The number of nitrogens with one attached hydrogen (secondary N) is 1. The fourth-order valence-electron chi connectivity index (χ4n) is 4.26. The van der Waals surface area contributed by atoms with Crippen LogP contribution in [0.2, 0.25) is 0 Å². The van der Waals surface area contributed by atoms with Gasteiger partial charge >= 0.3 is 0 Å². The van der Waals surface area contributed by atoms with E-state index in [1.54, 1.807) is 0 Å². The number of hydrogen-bond acceptors (Lipinski definition) is 2. The first-order chi connectivity index (χ1) is 10.7. The van der Waals surface area contributed by atoms with Crippen LogP contribution in [-0.4, -0.2) is 11.0 Å². The van der Waals surface area contributed by atoms with Crippen molar-refractivity contribution in [2.75, 3.05) is 5.32 Å². The van der Waals surface area contributed by atoms with Gasteiger partial charge in [-0.05, 0) is 62.6 Å². The average Bonchev–Trinajstić information content (AvgIpc) is 2.98. The van der Waals surface area contributed by atoms with E-state index >= 15 is 0 Å². The minimum atomic E-state index is 0.629. The monoisotopic (exact) mass is 294 g/mol. The summed E-state index contributed by atoms with van der Waals surface area (Å²) in [6.45, 7) is 4.59. The standard InChI is InChI=1S/C20H26N2/c1-13-10-11-19-16(12-13)20(15-7-5-9-18(15)21-19)22-17-8-4-3-6-14(17)2/h10-12,14,17H,3-9H2,1-2H3,(H,21,22). The number of fused-ring (bicyclic) bond motifs is 2. The molecule has 2 unspecified atom stereocenters. The van der Waals surface area contributed by atoms with Gasteiger partial charge in [-0.15, -0.1) is 0 Å². The van der Waals surface area contributed by atoms with Gasteiger partial charge in [-0.25, -0.2) is 0 Å². The van der Waals surface area contributed by atoms with E-state index in [9.17, 15) is 0 Å². The number of rotatable bonds is 2. The highest BCUT2D eigenvalue weighted by atomic mass is 14.9. The summed E-state index contributed by atoms with van der Waals surface area (Å²) in [4.78, 5) is 4.93. The van der Waals surface area contributed by atoms with E-state index in [0.717, 1.165) is 17.9 Å². The Balaban J connectivity index is 1.82. The van der Waals surface area contributed by atoms with Crippen LogP contribution in [0.4, 0.5) is 5.69 Å². The Kier molecular flexibility index (Phi) is 3.56. The Morgan fingerprint density at radius 3 is 2.82 bits per heavy atom. The highest BCUT2D eigenvalue weighted by molar-refractivity contribution is 5.94. The Bertz CT molecular complexity index is 704. The number of aryl methyl sites for hydroxylation is 2. The molecular weight excluding hydrogens is 268 g/mol. The van der Waals surface area contributed by atoms with E-state index in [2.05, 4.69) is 37.4 Å². The summed E-state index contributed by atoms with van der Waals surface area (Å²) >= 11 is 0. The molecule has 1 aromatic carbocycles. The van der Waals surface area contributed by atoms with Gasteiger partial charge in [0.25, 0.3) is 0 Å². The predicted molar refractivity (Wildman–Crippen MR) is 93.5 cm³/mol. The van der Waals surface area contributed by atoms with Crippen LogP contribution < -0.4 is 5.32 Å². The summed E-state index contributed by atoms with van der Waals surface area (Å²) in [6, 6.07) is 7.32. The minimum absolute atomic E-state index is 0.629. The Labute approximate surface area is 133 Å². The van der Waals surface area contributed by atoms with Crippen LogP contribution >= 0.6 is 0 Å².